The third-order valence-corrected chi connectivity index (χ3v) is 9.26. The van der Waals surface area contributed by atoms with Crippen molar-refractivity contribution in [2.24, 2.45) is 0 Å². The first-order valence-electron chi connectivity index (χ1n) is 19.5. The van der Waals surface area contributed by atoms with Crippen LogP contribution in [0.25, 0.3) is 0 Å². The van der Waals surface area contributed by atoms with Crippen molar-refractivity contribution >= 4 is 29.6 Å². The Bertz CT molecular complexity index is 765. The van der Waals surface area contributed by atoms with Crippen LogP contribution in [0.15, 0.2) is 24.3 Å². The van der Waals surface area contributed by atoms with Gasteiger partial charge in [-0.15, -0.1) is 0 Å². The summed E-state index contributed by atoms with van der Waals surface area (Å²) in [6.45, 7) is 6.97. The SMILES string of the molecule is CCCCCCCCCC/C=C/COC(=O)CCCN(CCCC(=O)OC/C=C/CCCCCCCCCC)C(=O)CSCCN(C)C. The molecule has 0 saturated heterocycles. The van der Waals surface area contributed by atoms with E-state index in [1.54, 1.807) is 16.7 Å². The maximum absolute atomic E-state index is 13.0. The van der Waals surface area contributed by atoms with E-state index in [2.05, 4.69) is 30.9 Å². The van der Waals surface area contributed by atoms with Crippen molar-refractivity contribution in [3.8, 4) is 0 Å². The van der Waals surface area contributed by atoms with E-state index in [4.69, 9.17) is 9.47 Å². The van der Waals surface area contributed by atoms with Crippen LogP contribution in [0.1, 0.15) is 155 Å². The highest BCUT2D eigenvalue weighted by molar-refractivity contribution is 7.99. The second-order valence-corrected chi connectivity index (χ2v) is 14.4. The molecule has 0 heterocycles. The first-order valence-corrected chi connectivity index (χ1v) is 20.7. The Hall–Kier alpha value is -1.80. The molecule has 1 amide bonds. The topological polar surface area (TPSA) is 76.1 Å². The fraction of sp³-hybridized carbons (Fsp3) is 0.825. The van der Waals surface area contributed by atoms with Crippen molar-refractivity contribution in [2.75, 3.05) is 58.4 Å². The van der Waals surface area contributed by atoms with Gasteiger partial charge in [-0.25, -0.2) is 0 Å². The van der Waals surface area contributed by atoms with Crippen LogP contribution < -0.4 is 0 Å². The van der Waals surface area contributed by atoms with Crippen molar-refractivity contribution in [3.63, 3.8) is 0 Å². The van der Waals surface area contributed by atoms with Gasteiger partial charge in [0.25, 0.3) is 0 Å². The highest BCUT2D eigenvalue weighted by Crippen LogP contribution is 2.12. The zero-order valence-electron chi connectivity index (χ0n) is 31.7. The van der Waals surface area contributed by atoms with E-state index >= 15 is 0 Å². The van der Waals surface area contributed by atoms with E-state index < -0.39 is 0 Å². The Morgan fingerprint density at radius 3 is 1.38 bits per heavy atom. The molecule has 7 nitrogen and oxygen atoms in total. The highest BCUT2D eigenvalue weighted by Gasteiger charge is 2.15. The maximum atomic E-state index is 13.0. The minimum atomic E-state index is -0.237. The smallest absolute Gasteiger partial charge is 0.306 e. The molecule has 0 fully saturated rings. The quantitative estimate of drug-likeness (QED) is 0.0371. The third-order valence-electron chi connectivity index (χ3n) is 8.34. The fourth-order valence-corrected chi connectivity index (χ4v) is 6.27. The number of ether oxygens (including phenoxy) is 2. The molecule has 0 rings (SSSR count). The number of allylic oxidation sites excluding steroid dienone is 2. The van der Waals surface area contributed by atoms with Gasteiger partial charge in [-0.05, 0) is 52.6 Å². The van der Waals surface area contributed by atoms with Crippen molar-refractivity contribution in [1.82, 2.24) is 9.80 Å². The van der Waals surface area contributed by atoms with Crippen LogP contribution in [0, 0.1) is 0 Å². The molecule has 8 heteroatoms. The zero-order chi connectivity index (χ0) is 35.3. The van der Waals surface area contributed by atoms with E-state index in [9.17, 15) is 14.4 Å². The summed E-state index contributed by atoms with van der Waals surface area (Å²) in [5, 5.41) is 0. The molecule has 0 aliphatic carbocycles. The molecule has 0 aliphatic rings. The third kappa shape index (κ3) is 34.1. The van der Waals surface area contributed by atoms with Gasteiger partial charge in [-0.1, -0.05) is 128 Å². The molecule has 0 aromatic rings. The molecular weight excluding hydrogens is 621 g/mol. The summed E-state index contributed by atoms with van der Waals surface area (Å²) in [4.78, 5) is 41.4. The van der Waals surface area contributed by atoms with Crippen LogP contribution in [-0.2, 0) is 23.9 Å². The molecule has 0 atom stereocenters. The first kappa shape index (κ1) is 46.2. The molecule has 0 N–H and O–H groups in total. The standard InChI is InChI=1S/C40H74N2O5S/c1-5-7-9-11-13-15-17-19-21-23-25-34-46-39(44)29-27-31-42(38(43)37-48-36-33-41(3)4)32-28-30-40(45)47-35-26-24-22-20-18-16-14-12-10-8-6-2/h23-26H,5-22,27-37H2,1-4H3/b25-23+,26-24+. The van der Waals surface area contributed by atoms with Crippen LogP contribution >= 0.6 is 11.8 Å². The molecule has 0 bridgehead atoms. The largest absolute Gasteiger partial charge is 0.461 e. The average molecular weight is 695 g/mol. The summed E-state index contributed by atoms with van der Waals surface area (Å²) < 4.78 is 10.7. The fourth-order valence-electron chi connectivity index (χ4n) is 5.28. The number of nitrogens with zero attached hydrogens (tertiary/aromatic N) is 2. The first-order chi connectivity index (χ1) is 23.4. The molecule has 0 unspecified atom stereocenters. The summed E-state index contributed by atoms with van der Waals surface area (Å²) in [6, 6.07) is 0. The van der Waals surface area contributed by atoms with Crippen LogP contribution in [-0.4, -0.2) is 86.1 Å². The highest BCUT2D eigenvalue weighted by atomic mass is 32.2. The zero-order valence-corrected chi connectivity index (χ0v) is 32.5. The van der Waals surface area contributed by atoms with Gasteiger partial charge >= 0.3 is 11.9 Å². The lowest BCUT2D eigenvalue weighted by Crippen LogP contribution is -2.35. The van der Waals surface area contributed by atoms with Gasteiger partial charge in [-0.3, -0.25) is 14.4 Å². The number of hydrogen-bond acceptors (Lipinski definition) is 7. The number of carbonyl (C=O) groups is 3. The summed E-state index contributed by atoms with van der Waals surface area (Å²) in [5.74, 6) is 0.853. The minimum Gasteiger partial charge on any atom is -0.461 e. The summed E-state index contributed by atoms with van der Waals surface area (Å²) in [5.41, 5.74) is 0. The second-order valence-electron chi connectivity index (χ2n) is 13.3. The van der Waals surface area contributed by atoms with Gasteiger partial charge in [0.15, 0.2) is 0 Å². The van der Waals surface area contributed by atoms with Crippen molar-refractivity contribution < 1.29 is 23.9 Å². The summed E-state index contributed by atoms with van der Waals surface area (Å²) in [7, 11) is 4.04. The Labute approximate surface area is 300 Å². The van der Waals surface area contributed by atoms with Crippen LogP contribution in [0.5, 0.6) is 0 Å². The number of rotatable bonds is 35. The predicted molar refractivity (Wildman–Crippen MR) is 206 cm³/mol. The van der Waals surface area contributed by atoms with Crippen LogP contribution in [0.4, 0.5) is 0 Å². The van der Waals surface area contributed by atoms with Gasteiger partial charge < -0.3 is 19.3 Å². The molecule has 0 aliphatic heterocycles. The molecular formula is C40H74N2O5S. The molecule has 48 heavy (non-hydrogen) atoms. The van der Waals surface area contributed by atoms with Gasteiger partial charge in [0.2, 0.25) is 5.91 Å². The van der Waals surface area contributed by atoms with Gasteiger partial charge in [0.05, 0.1) is 5.75 Å². The minimum absolute atomic E-state index is 0.0493. The number of carbonyl (C=O) groups excluding carboxylic acids is 3. The predicted octanol–water partition coefficient (Wildman–Crippen LogP) is 9.93. The Balaban J connectivity index is 4.25. The second kappa shape index (κ2) is 36.5. The Morgan fingerprint density at radius 2 is 0.958 bits per heavy atom. The van der Waals surface area contributed by atoms with Crippen molar-refractivity contribution in [2.45, 2.75) is 155 Å². The lowest BCUT2D eigenvalue weighted by molar-refractivity contribution is -0.143. The number of esters is 2. The Kier molecular flexibility index (Phi) is 35.1. The van der Waals surface area contributed by atoms with E-state index in [1.165, 1.54) is 103 Å². The number of hydrogen-bond donors (Lipinski definition) is 0. The van der Waals surface area contributed by atoms with Crippen molar-refractivity contribution in [3.05, 3.63) is 24.3 Å². The molecule has 0 aromatic heterocycles. The molecule has 0 saturated carbocycles. The summed E-state index contributed by atoms with van der Waals surface area (Å²) in [6.07, 6.45) is 32.7. The van der Waals surface area contributed by atoms with Crippen molar-refractivity contribution in [1.29, 1.82) is 0 Å². The average Bonchev–Trinajstić information content (AvgIpc) is 3.06. The number of thioether (sulfide) groups is 1. The monoisotopic (exact) mass is 695 g/mol. The summed E-state index contributed by atoms with van der Waals surface area (Å²) >= 11 is 1.62. The molecule has 0 spiro atoms. The van der Waals surface area contributed by atoms with Gasteiger partial charge in [0, 0.05) is 38.2 Å². The lowest BCUT2D eigenvalue weighted by Gasteiger charge is -2.22. The maximum Gasteiger partial charge on any atom is 0.306 e. The molecule has 0 radical (unpaired) electrons. The molecule has 280 valence electrons. The number of unbranched alkanes of at least 4 members (excludes halogenated alkanes) is 16. The van der Waals surface area contributed by atoms with Gasteiger partial charge in [-0.2, -0.15) is 11.8 Å². The van der Waals surface area contributed by atoms with E-state index in [0.717, 1.165) is 25.1 Å². The van der Waals surface area contributed by atoms with Crippen LogP contribution in [0.2, 0.25) is 0 Å². The van der Waals surface area contributed by atoms with Gasteiger partial charge in [0.1, 0.15) is 13.2 Å². The van der Waals surface area contributed by atoms with Crippen LogP contribution in [0.3, 0.4) is 0 Å². The Morgan fingerprint density at radius 1 is 0.542 bits per heavy atom. The van der Waals surface area contributed by atoms with E-state index in [1.807, 2.05) is 26.2 Å². The lowest BCUT2D eigenvalue weighted by atomic mass is 10.1. The molecule has 0 aromatic carbocycles. The van der Waals surface area contributed by atoms with E-state index in [-0.39, 0.29) is 30.7 Å². The van der Waals surface area contributed by atoms with E-state index in [0.29, 0.717) is 44.9 Å². The number of amides is 1. The normalized spacial score (nSPS) is 11.6.